The number of aliphatic hydroxyl groups is 2. The van der Waals surface area contributed by atoms with Crippen molar-refractivity contribution in [1.29, 1.82) is 0 Å². The number of allylic oxidation sites excluding steroid dienone is 1. The molecule has 1 atom stereocenters. The predicted molar refractivity (Wildman–Crippen MR) is 73.7 cm³/mol. The number of esters is 1. The van der Waals surface area contributed by atoms with Gasteiger partial charge in [0.1, 0.15) is 12.7 Å². The highest BCUT2D eigenvalue weighted by molar-refractivity contribution is 5.81. The van der Waals surface area contributed by atoms with Gasteiger partial charge in [0.05, 0.1) is 6.61 Å². The Hall–Kier alpha value is -1.69. The van der Waals surface area contributed by atoms with Crippen molar-refractivity contribution in [3.8, 4) is 0 Å². The second-order valence-corrected chi connectivity index (χ2v) is 4.27. The molecule has 1 unspecified atom stereocenters. The number of carbonyl (C=O) groups excluding carboxylic acids is 1. The molecular formula is C15H20O5. The van der Waals surface area contributed by atoms with Crippen LogP contribution in [0.1, 0.15) is 19.4 Å². The quantitative estimate of drug-likeness (QED) is 0.341. The first kappa shape index (κ1) is 16.4. The van der Waals surface area contributed by atoms with Crippen LogP contribution < -0.4 is 0 Å². The maximum Gasteiger partial charge on any atom is 0.330 e. The minimum atomic E-state index is -2.09. The molecule has 0 spiro atoms. The van der Waals surface area contributed by atoms with Gasteiger partial charge in [-0.05, 0) is 13.8 Å². The second kappa shape index (κ2) is 7.79. The summed E-state index contributed by atoms with van der Waals surface area (Å²) in [6, 6.07) is 8.41. The first-order valence-electron chi connectivity index (χ1n) is 6.39. The molecule has 0 radical (unpaired) electrons. The van der Waals surface area contributed by atoms with Gasteiger partial charge >= 0.3 is 5.97 Å². The predicted octanol–water partition coefficient (Wildman–Crippen LogP) is 1.35. The molecule has 0 aliphatic rings. The lowest BCUT2D eigenvalue weighted by Gasteiger charge is -2.28. The zero-order chi connectivity index (χ0) is 15.0. The zero-order valence-corrected chi connectivity index (χ0v) is 11.7. The molecule has 5 nitrogen and oxygen atoms in total. The summed E-state index contributed by atoms with van der Waals surface area (Å²) in [6.07, 6.45) is 2.02. The van der Waals surface area contributed by atoms with Crippen LogP contribution in [0.3, 0.4) is 0 Å². The fraction of sp³-hybridized carbons (Fsp3) is 0.400. The van der Waals surface area contributed by atoms with E-state index in [4.69, 9.17) is 9.47 Å². The Balaban J connectivity index is 2.42. The molecule has 0 amide bonds. The molecule has 2 N–H and O–H groups in total. The third-order valence-corrected chi connectivity index (χ3v) is 2.76. The average Bonchev–Trinajstić information content (AvgIpc) is 2.44. The van der Waals surface area contributed by atoms with Crippen molar-refractivity contribution in [2.24, 2.45) is 0 Å². The molecule has 0 heterocycles. The van der Waals surface area contributed by atoms with Crippen molar-refractivity contribution in [3.63, 3.8) is 0 Å². The largest absolute Gasteiger partial charge is 0.460 e. The lowest BCUT2D eigenvalue weighted by Crippen LogP contribution is -2.39. The fourth-order valence-electron chi connectivity index (χ4n) is 1.59. The van der Waals surface area contributed by atoms with Gasteiger partial charge in [0.15, 0.2) is 0 Å². The normalized spacial score (nSPS) is 13.4. The molecule has 0 fully saturated rings. The molecule has 0 aliphatic heterocycles. The van der Waals surface area contributed by atoms with Gasteiger partial charge in [-0.1, -0.05) is 36.4 Å². The maximum atomic E-state index is 11.0. The summed E-state index contributed by atoms with van der Waals surface area (Å²) < 4.78 is 10.1. The Labute approximate surface area is 118 Å². The SMILES string of the molecule is CC=CC(=O)OCCOC(C)C(O)(O)c1ccccc1. The van der Waals surface area contributed by atoms with Gasteiger partial charge in [0.2, 0.25) is 5.79 Å². The van der Waals surface area contributed by atoms with Crippen LogP contribution in [0, 0.1) is 0 Å². The topological polar surface area (TPSA) is 76.0 Å². The summed E-state index contributed by atoms with van der Waals surface area (Å²) in [5, 5.41) is 20.1. The van der Waals surface area contributed by atoms with Crippen LogP contribution in [0.25, 0.3) is 0 Å². The van der Waals surface area contributed by atoms with Gasteiger partial charge in [-0.25, -0.2) is 4.79 Å². The zero-order valence-electron chi connectivity index (χ0n) is 11.7. The molecular weight excluding hydrogens is 260 g/mol. The van der Waals surface area contributed by atoms with Gasteiger partial charge in [-0.2, -0.15) is 0 Å². The third kappa shape index (κ3) is 4.77. The van der Waals surface area contributed by atoms with Crippen LogP contribution in [0.4, 0.5) is 0 Å². The lowest BCUT2D eigenvalue weighted by atomic mass is 10.0. The van der Waals surface area contributed by atoms with E-state index in [1.165, 1.54) is 6.08 Å². The number of carbonyl (C=O) groups is 1. The van der Waals surface area contributed by atoms with Crippen molar-refractivity contribution in [1.82, 2.24) is 0 Å². The first-order chi connectivity index (χ1) is 9.48. The number of hydrogen-bond donors (Lipinski definition) is 2. The minimum absolute atomic E-state index is 0.0540. The monoisotopic (exact) mass is 280 g/mol. The van der Waals surface area contributed by atoms with Crippen LogP contribution in [0.5, 0.6) is 0 Å². The summed E-state index contributed by atoms with van der Waals surface area (Å²) in [7, 11) is 0. The minimum Gasteiger partial charge on any atom is -0.460 e. The van der Waals surface area contributed by atoms with Crippen molar-refractivity contribution in [3.05, 3.63) is 48.0 Å². The molecule has 0 aliphatic carbocycles. The van der Waals surface area contributed by atoms with Crippen LogP contribution in [-0.4, -0.2) is 35.5 Å². The molecule has 20 heavy (non-hydrogen) atoms. The van der Waals surface area contributed by atoms with Crippen molar-refractivity contribution in [2.75, 3.05) is 13.2 Å². The van der Waals surface area contributed by atoms with E-state index < -0.39 is 17.9 Å². The van der Waals surface area contributed by atoms with E-state index in [1.54, 1.807) is 50.3 Å². The van der Waals surface area contributed by atoms with Gasteiger partial charge in [-0.3, -0.25) is 0 Å². The molecule has 0 saturated carbocycles. The summed E-state index contributed by atoms with van der Waals surface area (Å²) in [6.45, 7) is 3.39. The highest BCUT2D eigenvalue weighted by atomic mass is 16.6. The molecule has 1 aromatic rings. The van der Waals surface area contributed by atoms with Crippen LogP contribution in [-0.2, 0) is 20.1 Å². The average molecular weight is 280 g/mol. The van der Waals surface area contributed by atoms with Crippen LogP contribution in [0.15, 0.2) is 42.5 Å². The molecule has 0 bridgehead atoms. The van der Waals surface area contributed by atoms with E-state index in [2.05, 4.69) is 0 Å². The summed E-state index contributed by atoms with van der Waals surface area (Å²) in [4.78, 5) is 11.0. The Bertz CT molecular complexity index is 439. The summed E-state index contributed by atoms with van der Waals surface area (Å²) >= 11 is 0. The standard InChI is InChI=1S/C15H20O5/c1-3-7-14(16)20-11-10-19-12(2)15(17,18)13-8-5-4-6-9-13/h3-9,12,17-18H,10-11H2,1-2H3. The lowest BCUT2D eigenvalue weighted by molar-refractivity contribution is -0.244. The molecule has 110 valence electrons. The Kier molecular flexibility index (Phi) is 6.38. The van der Waals surface area contributed by atoms with Crippen molar-refractivity contribution in [2.45, 2.75) is 25.7 Å². The maximum absolute atomic E-state index is 11.0. The van der Waals surface area contributed by atoms with Gasteiger partial charge in [-0.15, -0.1) is 0 Å². The van der Waals surface area contributed by atoms with E-state index in [-0.39, 0.29) is 13.2 Å². The van der Waals surface area contributed by atoms with E-state index in [0.29, 0.717) is 5.56 Å². The fourth-order valence-corrected chi connectivity index (χ4v) is 1.59. The van der Waals surface area contributed by atoms with Gasteiger partial charge in [0.25, 0.3) is 0 Å². The van der Waals surface area contributed by atoms with Crippen LogP contribution in [0.2, 0.25) is 0 Å². The number of benzene rings is 1. The third-order valence-electron chi connectivity index (χ3n) is 2.76. The molecule has 5 heteroatoms. The smallest absolute Gasteiger partial charge is 0.330 e. The van der Waals surface area contributed by atoms with E-state index in [9.17, 15) is 15.0 Å². The van der Waals surface area contributed by atoms with E-state index in [1.807, 2.05) is 0 Å². The number of ether oxygens (including phenoxy) is 2. The molecule has 0 aromatic heterocycles. The van der Waals surface area contributed by atoms with Crippen LogP contribution >= 0.6 is 0 Å². The van der Waals surface area contributed by atoms with Gasteiger partial charge in [0, 0.05) is 11.6 Å². The summed E-state index contributed by atoms with van der Waals surface area (Å²) in [5.74, 6) is -2.54. The summed E-state index contributed by atoms with van der Waals surface area (Å²) in [5.41, 5.74) is 0.346. The first-order valence-corrected chi connectivity index (χ1v) is 6.39. The van der Waals surface area contributed by atoms with Crippen molar-refractivity contribution >= 4 is 5.97 Å². The van der Waals surface area contributed by atoms with Gasteiger partial charge < -0.3 is 19.7 Å². The Morgan fingerprint density at radius 2 is 1.95 bits per heavy atom. The van der Waals surface area contributed by atoms with Crippen molar-refractivity contribution < 1.29 is 24.5 Å². The highest BCUT2D eigenvalue weighted by Gasteiger charge is 2.33. The Morgan fingerprint density at radius 3 is 2.55 bits per heavy atom. The number of hydrogen-bond acceptors (Lipinski definition) is 5. The Morgan fingerprint density at radius 1 is 1.30 bits per heavy atom. The van der Waals surface area contributed by atoms with E-state index >= 15 is 0 Å². The highest BCUT2D eigenvalue weighted by Crippen LogP contribution is 2.23. The molecule has 1 rings (SSSR count). The molecule has 0 saturated heterocycles. The number of rotatable bonds is 7. The molecule has 1 aromatic carbocycles. The van der Waals surface area contributed by atoms with E-state index in [0.717, 1.165) is 0 Å². The second-order valence-electron chi connectivity index (χ2n) is 4.27.